The van der Waals surface area contributed by atoms with Crippen molar-refractivity contribution in [2.75, 3.05) is 39.4 Å². The molecule has 8 heteroatoms. The van der Waals surface area contributed by atoms with Crippen LogP contribution in [0, 0.1) is 0 Å². The second-order valence-corrected chi connectivity index (χ2v) is 5.45. The van der Waals surface area contributed by atoms with Crippen LogP contribution in [-0.2, 0) is 9.53 Å². The summed E-state index contributed by atoms with van der Waals surface area (Å²) in [6.07, 6.45) is -0.749. The maximum atomic E-state index is 12.9. The fourth-order valence-corrected chi connectivity index (χ4v) is 2.46. The molecule has 130 valence electrons. The fourth-order valence-electron chi connectivity index (χ4n) is 2.46. The van der Waals surface area contributed by atoms with Gasteiger partial charge in [0.15, 0.2) is 11.5 Å². The van der Waals surface area contributed by atoms with Gasteiger partial charge >= 0.3 is 6.29 Å². The quantitative estimate of drug-likeness (QED) is 0.823. The summed E-state index contributed by atoms with van der Waals surface area (Å²) >= 11 is 0. The highest BCUT2D eigenvalue weighted by molar-refractivity contribution is 5.91. The zero-order chi connectivity index (χ0) is 17.0. The number of carbonyl (C=O) groups is 1. The van der Waals surface area contributed by atoms with Crippen molar-refractivity contribution in [1.82, 2.24) is 10.2 Å². The van der Waals surface area contributed by atoms with E-state index < -0.39 is 6.29 Å². The van der Waals surface area contributed by atoms with Crippen LogP contribution in [0.2, 0.25) is 0 Å². The summed E-state index contributed by atoms with van der Waals surface area (Å²) in [6.45, 7) is 4.48. The Balaban J connectivity index is 1.46. The Morgan fingerprint density at radius 2 is 2.00 bits per heavy atom. The molecule has 1 aromatic rings. The van der Waals surface area contributed by atoms with Crippen molar-refractivity contribution in [2.45, 2.75) is 6.29 Å². The van der Waals surface area contributed by atoms with E-state index in [0.717, 1.165) is 32.8 Å². The van der Waals surface area contributed by atoms with Gasteiger partial charge in [-0.1, -0.05) is 6.07 Å². The van der Waals surface area contributed by atoms with Crippen LogP contribution in [0.5, 0.6) is 11.5 Å². The number of alkyl halides is 2. The Morgan fingerprint density at radius 1 is 1.25 bits per heavy atom. The SMILES string of the molecule is O=C(/C=C/c1ccc2c(c1)OC(F)(F)O2)NCCN1CCOCC1. The van der Waals surface area contributed by atoms with Gasteiger partial charge in [0.1, 0.15) is 0 Å². The highest BCUT2D eigenvalue weighted by Gasteiger charge is 2.43. The predicted molar refractivity (Wildman–Crippen MR) is 81.9 cm³/mol. The van der Waals surface area contributed by atoms with Gasteiger partial charge in [0, 0.05) is 32.3 Å². The molecular formula is C16H18F2N2O4. The van der Waals surface area contributed by atoms with Gasteiger partial charge in [0.25, 0.3) is 0 Å². The number of fused-ring (bicyclic) bond motifs is 1. The van der Waals surface area contributed by atoms with Gasteiger partial charge in [-0.25, -0.2) is 0 Å². The maximum Gasteiger partial charge on any atom is 0.586 e. The monoisotopic (exact) mass is 340 g/mol. The molecule has 0 bridgehead atoms. The first-order valence-electron chi connectivity index (χ1n) is 7.68. The van der Waals surface area contributed by atoms with Crippen molar-refractivity contribution in [2.24, 2.45) is 0 Å². The van der Waals surface area contributed by atoms with Gasteiger partial charge in [-0.3, -0.25) is 9.69 Å². The fraction of sp³-hybridized carbons (Fsp3) is 0.438. The number of nitrogens with one attached hydrogen (secondary N) is 1. The lowest BCUT2D eigenvalue weighted by atomic mass is 10.2. The van der Waals surface area contributed by atoms with E-state index in [4.69, 9.17) is 4.74 Å². The molecule has 1 aromatic carbocycles. The molecule has 2 aliphatic rings. The molecule has 3 rings (SSSR count). The van der Waals surface area contributed by atoms with E-state index in [1.807, 2.05) is 0 Å². The van der Waals surface area contributed by atoms with Crippen molar-refractivity contribution in [1.29, 1.82) is 0 Å². The van der Waals surface area contributed by atoms with Gasteiger partial charge in [-0.15, -0.1) is 8.78 Å². The van der Waals surface area contributed by atoms with E-state index in [1.54, 1.807) is 6.07 Å². The molecule has 0 aromatic heterocycles. The number of hydrogen-bond acceptors (Lipinski definition) is 5. The van der Waals surface area contributed by atoms with Crippen LogP contribution in [0.4, 0.5) is 8.78 Å². The first-order chi connectivity index (χ1) is 11.5. The molecule has 6 nitrogen and oxygen atoms in total. The topological polar surface area (TPSA) is 60.0 Å². The Hall–Kier alpha value is -2.19. The summed E-state index contributed by atoms with van der Waals surface area (Å²) in [5, 5.41) is 2.78. The number of halogens is 2. The van der Waals surface area contributed by atoms with Crippen LogP contribution in [0.1, 0.15) is 5.56 Å². The maximum absolute atomic E-state index is 12.9. The van der Waals surface area contributed by atoms with Gasteiger partial charge in [-0.05, 0) is 23.8 Å². The third-order valence-corrected chi connectivity index (χ3v) is 3.68. The molecule has 1 saturated heterocycles. The molecule has 0 radical (unpaired) electrons. The van der Waals surface area contributed by atoms with Crippen LogP contribution in [0.25, 0.3) is 6.08 Å². The first-order valence-corrected chi connectivity index (χ1v) is 7.68. The summed E-state index contributed by atoms with van der Waals surface area (Å²) in [4.78, 5) is 14.0. The molecule has 1 amide bonds. The molecule has 2 aliphatic heterocycles. The van der Waals surface area contributed by atoms with Gasteiger partial charge < -0.3 is 19.5 Å². The van der Waals surface area contributed by atoms with E-state index in [-0.39, 0.29) is 17.4 Å². The minimum Gasteiger partial charge on any atom is -0.395 e. The second-order valence-electron chi connectivity index (χ2n) is 5.45. The molecule has 0 atom stereocenters. The van der Waals surface area contributed by atoms with E-state index >= 15 is 0 Å². The number of ether oxygens (including phenoxy) is 3. The highest BCUT2D eigenvalue weighted by Crippen LogP contribution is 2.41. The third kappa shape index (κ3) is 4.42. The lowest BCUT2D eigenvalue weighted by Gasteiger charge is -2.26. The standard InChI is InChI=1S/C16H18F2N2O4/c17-16(18)23-13-3-1-12(11-14(13)24-16)2-4-15(21)19-5-6-20-7-9-22-10-8-20/h1-4,11H,5-10H2,(H,19,21)/b4-2+. The summed E-state index contributed by atoms with van der Waals surface area (Å²) in [5.74, 6) is -0.312. The number of nitrogens with zero attached hydrogens (tertiary/aromatic N) is 1. The average Bonchev–Trinajstić information content (AvgIpc) is 2.87. The predicted octanol–water partition coefficient (Wildman–Crippen LogP) is 1.47. The van der Waals surface area contributed by atoms with Gasteiger partial charge in [0.2, 0.25) is 5.91 Å². The van der Waals surface area contributed by atoms with Crippen LogP contribution in [0.15, 0.2) is 24.3 Å². The van der Waals surface area contributed by atoms with Crippen LogP contribution >= 0.6 is 0 Å². The molecule has 0 unspecified atom stereocenters. The molecule has 0 saturated carbocycles. The summed E-state index contributed by atoms with van der Waals surface area (Å²) < 4.78 is 39.8. The molecule has 1 fully saturated rings. The zero-order valence-corrected chi connectivity index (χ0v) is 13.0. The second kappa shape index (κ2) is 7.14. The number of hydrogen-bond donors (Lipinski definition) is 1. The Morgan fingerprint density at radius 3 is 2.79 bits per heavy atom. The molecule has 0 spiro atoms. The van der Waals surface area contributed by atoms with Crippen molar-refractivity contribution in [3.05, 3.63) is 29.8 Å². The minimum atomic E-state index is -3.64. The van der Waals surface area contributed by atoms with Crippen molar-refractivity contribution in [3.63, 3.8) is 0 Å². The smallest absolute Gasteiger partial charge is 0.395 e. The van der Waals surface area contributed by atoms with E-state index in [0.29, 0.717) is 12.1 Å². The van der Waals surface area contributed by atoms with E-state index in [9.17, 15) is 13.6 Å². The van der Waals surface area contributed by atoms with Gasteiger partial charge in [-0.2, -0.15) is 0 Å². The van der Waals surface area contributed by atoms with Crippen molar-refractivity contribution in [3.8, 4) is 11.5 Å². The summed E-state index contributed by atoms with van der Waals surface area (Å²) in [6, 6.07) is 4.35. The number of carbonyl (C=O) groups excluding carboxylic acids is 1. The lowest BCUT2D eigenvalue weighted by molar-refractivity contribution is -0.286. The first kappa shape index (κ1) is 16.7. The number of amides is 1. The normalized spacial score (nSPS) is 19.6. The number of morpholine rings is 1. The van der Waals surface area contributed by atoms with E-state index in [1.165, 1.54) is 24.3 Å². The van der Waals surface area contributed by atoms with Crippen LogP contribution in [0.3, 0.4) is 0 Å². The molecular weight excluding hydrogens is 322 g/mol. The van der Waals surface area contributed by atoms with E-state index in [2.05, 4.69) is 19.7 Å². The Labute approximate surface area is 138 Å². The summed E-state index contributed by atoms with van der Waals surface area (Å²) in [5.41, 5.74) is 0.568. The number of benzene rings is 1. The molecule has 2 heterocycles. The van der Waals surface area contributed by atoms with Crippen molar-refractivity contribution < 1.29 is 27.8 Å². The third-order valence-electron chi connectivity index (χ3n) is 3.68. The van der Waals surface area contributed by atoms with Gasteiger partial charge in [0.05, 0.1) is 13.2 Å². The Kier molecular flexibility index (Phi) is 4.96. The average molecular weight is 340 g/mol. The highest BCUT2D eigenvalue weighted by atomic mass is 19.3. The van der Waals surface area contributed by atoms with Crippen LogP contribution in [-0.4, -0.2) is 56.5 Å². The molecule has 1 N–H and O–H groups in total. The van der Waals surface area contributed by atoms with Crippen LogP contribution < -0.4 is 14.8 Å². The van der Waals surface area contributed by atoms with Crippen molar-refractivity contribution >= 4 is 12.0 Å². The Bertz CT molecular complexity index is 631. The zero-order valence-electron chi connectivity index (χ0n) is 13.0. The number of rotatable bonds is 5. The minimum absolute atomic E-state index is 0.0212. The summed E-state index contributed by atoms with van der Waals surface area (Å²) in [7, 11) is 0. The largest absolute Gasteiger partial charge is 0.586 e. The molecule has 24 heavy (non-hydrogen) atoms. The lowest BCUT2D eigenvalue weighted by Crippen LogP contribution is -2.41. The molecule has 0 aliphatic carbocycles.